The molecule has 0 spiro atoms. The average molecular weight is 253 g/mol. The number of aryl methyl sites for hydroxylation is 1. The summed E-state index contributed by atoms with van der Waals surface area (Å²) in [7, 11) is 0. The molecule has 18 heavy (non-hydrogen) atoms. The normalized spacial score (nSPS) is 16.7. The van der Waals surface area contributed by atoms with Crippen LogP contribution in [-0.2, 0) is 0 Å². The maximum atomic E-state index is 13.6. The standard InChI is InChI=1S/C14H20FNO2/c1-9-7-14(12(10(2)18)8-13(9)15)16(5-6-17)11-3-4-11/h7-8,10-11,17-18H,3-6H2,1-2H3. The van der Waals surface area contributed by atoms with Crippen LogP contribution in [0.4, 0.5) is 10.1 Å². The molecule has 0 amide bonds. The molecule has 0 bridgehead atoms. The molecule has 1 unspecified atom stereocenters. The van der Waals surface area contributed by atoms with Crippen molar-refractivity contribution in [3.63, 3.8) is 0 Å². The lowest BCUT2D eigenvalue weighted by Gasteiger charge is -2.28. The Hall–Kier alpha value is -1.13. The van der Waals surface area contributed by atoms with Gasteiger partial charge in [0.25, 0.3) is 0 Å². The van der Waals surface area contributed by atoms with E-state index in [0.29, 0.717) is 23.7 Å². The smallest absolute Gasteiger partial charge is 0.126 e. The van der Waals surface area contributed by atoms with Gasteiger partial charge in [-0.2, -0.15) is 0 Å². The number of nitrogens with zero attached hydrogens (tertiary/aromatic N) is 1. The van der Waals surface area contributed by atoms with E-state index in [9.17, 15) is 9.50 Å². The molecular formula is C14H20FNO2. The minimum Gasteiger partial charge on any atom is -0.395 e. The van der Waals surface area contributed by atoms with E-state index in [4.69, 9.17) is 5.11 Å². The molecule has 2 rings (SSSR count). The van der Waals surface area contributed by atoms with Crippen LogP contribution in [0.2, 0.25) is 0 Å². The molecule has 1 aliphatic carbocycles. The van der Waals surface area contributed by atoms with Crippen LogP contribution in [0, 0.1) is 12.7 Å². The van der Waals surface area contributed by atoms with Gasteiger partial charge in [-0.05, 0) is 44.4 Å². The molecule has 1 saturated carbocycles. The minimum absolute atomic E-state index is 0.0617. The van der Waals surface area contributed by atoms with Crippen molar-refractivity contribution >= 4 is 5.69 Å². The molecule has 1 aliphatic rings. The number of aliphatic hydroxyl groups is 2. The molecule has 1 aromatic carbocycles. The summed E-state index contributed by atoms with van der Waals surface area (Å²) >= 11 is 0. The number of benzene rings is 1. The maximum absolute atomic E-state index is 13.6. The summed E-state index contributed by atoms with van der Waals surface area (Å²) in [5, 5.41) is 18.9. The number of rotatable bonds is 5. The van der Waals surface area contributed by atoms with Gasteiger partial charge >= 0.3 is 0 Å². The Kier molecular flexibility index (Phi) is 3.88. The highest BCUT2D eigenvalue weighted by atomic mass is 19.1. The molecule has 2 N–H and O–H groups in total. The molecular weight excluding hydrogens is 233 g/mol. The van der Waals surface area contributed by atoms with Gasteiger partial charge in [0, 0.05) is 23.8 Å². The fraction of sp³-hybridized carbons (Fsp3) is 0.571. The third-order valence-electron chi connectivity index (χ3n) is 3.40. The Morgan fingerprint density at radius 3 is 2.61 bits per heavy atom. The number of hydrogen-bond acceptors (Lipinski definition) is 3. The highest BCUT2D eigenvalue weighted by Crippen LogP contribution is 2.36. The molecule has 1 aromatic rings. The van der Waals surface area contributed by atoms with Gasteiger partial charge in [-0.1, -0.05) is 0 Å². The highest BCUT2D eigenvalue weighted by molar-refractivity contribution is 5.58. The summed E-state index contributed by atoms with van der Waals surface area (Å²) < 4.78 is 13.6. The second-order valence-electron chi connectivity index (χ2n) is 4.98. The SMILES string of the molecule is Cc1cc(N(CCO)C2CC2)c(C(C)O)cc1F. The van der Waals surface area contributed by atoms with E-state index < -0.39 is 6.10 Å². The van der Waals surface area contributed by atoms with E-state index in [1.165, 1.54) is 6.07 Å². The van der Waals surface area contributed by atoms with Crippen molar-refractivity contribution in [3.05, 3.63) is 29.1 Å². The maximum Gasteiger partial charge on any atom is 0.126 e. The first-order chi connectivity index (χ1) is 8.54. The van der Waals surface area contributed by atoms with E-state index in [2.05, 4.69) is 4.90 Å². The van der Waals surface area contributed by atoms with Gasteiger partial charge in [-0.15, -0.1) is 0 Å². The van der Waals surface area contributed by atoms with Crippen LogP contribution in [-0.4, -0.2) is 29.4 Å². The van der Waals surface area contributed by atoms with Gasteiger partial charge in [-0.25, -0.2) is 4.39 Å². The molecule has 1 atom stereocenters. The van der Waals surface area contributed by atoms with E-state index in [0.717, 1.165) is 18.5 Å². The number of aliphatic hydroxyl groups excluding tert-OH is 2. The van der Waals surface area contributed by atoms with Crippen LogP contribution in [0.15, 0.2) is 12.1 Å². The minimum atomic E-state index is -0.713. The van der Waals surface area contributed by atoms with Crippen LogP contribution >= 0.6 is 0 Å². The first-order valence-corrected chi connectivity index (χ1v) is 6.40. The zero-order valence-corrected chi connectivity index (χ0v) is 10.9. The Labute approximate surface area is 107 Å². The zero-order chi connectivity index (χ0) is 13.3. The van der Waals surface area contributed by atoms with E-state index >= 15 is 0 Å². The third-order valence-corrected chi connectivity index (χ3v) is 3.40. The molecule has 4 heteroatoms. The lowest BCUT2D eigenvalue weighted by Crippen LogP contribution is -2.30. The molecule has 0 aromatic heterocycles. The number of hydrogen-bond donors (Lipinski definition) is 2. The van der Waals surface area contributed by atoms with E-state index in [-0.39, 0.29) is 12.4 Å². The summed E-state index contributed by atoms with van der Waals surface area (Å²) in [6.07, 6.45) is 1.47. The summed E-state index contributed by atoms with van der Waals surface area (Å²) in [6.45, 7) is 3.94. The number of halogens is 1. The lowest BCUT2D eigenvalue weighted by atomic mass is 10.0. The van der Waals surface area contributed by atoms with Crippen molar-refractivity contribution < 1.29 is 14.6 Å². The highest BCUT2D eigenvalue weighted by Gasteiger charge is 2.31. The Morgan fingerprint density at radius 1 is 1.44 bits per heavy atom. The van der Waals surface area contributed by atoms with Crippen molar-refractivity contribution in [1.29, 1.82) is 0 Å². The average Bonchev–Trinajstić information content (AvgIpc) is 3.13. The zero-order valence-electron chi connectivity index (χ0n) is 10.9. The third kappa shape index (κ3) is 2.65. The van der Waals surface area contributed by atoms with Gasteiger partial charge in [-0.3, -0.25) is 0 Å². The van der Waals surface area contributed by atoms with Crippen LogP contribution in [0.3, 0.4) is 0 Å². The van der Waals surface area contributed by atoms with E-state index in [1.54, 1.807) is 19.9 Å². The fourth-order valence-corrected chi connectivity index (χ4v) is 2.26. The summed E-state index contributed by atoms with van der Waals surface area (Å²) in [6, 6.07) is 3.59. The van der Waals surface area contributed by atoms with Crippen molar-refractivity contribution in [2.75, 3.05) is 18.1 Å². The van der Waals surface area contributed by atoms with E-state index in [1.807, 2.05) is 0 Å². The number of anilines is 1. The molecule has 3 nitrogen and oxygen atoms in total. The van der Waals surface area contributed by atoms with Crippen molar-refractivity contribution in [2.24, 2.45) is 0 Å². The predicted molar refractivity (Wildman–Crippen MR) is 69.2 cm³/mol. The topological polar surface area (TPSA) is 43.7 Å². The van der Waals surface area contributed by atoms with Gasteiger partial charge in [0.05, 0.1) is 12.7 Å². The van der Waals surface area contributed by atoms with Gasteiger partial charge in [0.15, 0.2) is 0 Å². The summed E-state index contributed by atoms with van der Waals surface area (Å²) in [5.74, 6) is -0.297. The second-order valence-corrected chi connectivity index (χ2v) is 4.98. The van der Waals surface area contributed by atoms with Gasteiger partial charge < -0.3 is 15.1 Å². The summed E-state index contributed by atoms with van der Waals surface area (Å²) in [5.41, 5.74) is 2.01. The van der Waals surface area contributed by atoms with Crippen molar-refractivity contribution in [3.8, 4) is 0 Å². The van der Waals surface area contributed by atoms with Gasteiger partial charge in [0.1, 0.15) is 5.82 Å². The summed E-state index contributed by atoms with van der Waals surface area (Å²) in [4.78, 5) is 2.08. The monoisotopic (exact) mass is 253 g/mol. The Morgan fingerprint density at radius 2 is 2.11 bits per heavy atom. The second kappa shape index (κ2) is 5.24. The Bertz CT molecular complexity index is 430. The first kappa shape index (κ1) is 13.3. The quantitative estimate of drug-likeness (QED) is 0.845. The van der Waals surface area contributed by atoms with Crippen molar-refractivity contribution in [2.45, 2.75) is 38.8 Å². The fourth-order valence-electron chi connectivity index (χ4n) is 2.26. The molecule has 0 heterocycles. The molecule has 0 aliphatic heterocycles. The van der Waals surface area contributed by atoms with Crippen LogP contribution in [0.5, 0.6) is 0 Å². The van der Waals surface area contributed by atoms with Crippen LogP contribution in [0.1, 0.15) is 37.0 Å². The molecule has 0 radical (unpaired) electrons. The molecule has 100 valence electrons. The van der Waals surface area contributed by atoms with Crippen molar-refractivity contribution in [1.82, 2.24) is 0 Å². The van der Waals surface area contributed by atoms with Crippen LogP contribution < -0.4 is 4.90 Å². The molecule has 1 fully saturated rings. The van der Waals surface area contributed by atoms with Gasteiger partial charge in [0.2, 0.25) is 0 Å². The lowest BCUT2D eigenvalue weighted by molar-refractivity contribution is 0.199. The predicted octanol–water partition coefficient (Wildman–Crippen LogP) is 2.15. The Balaban J connectivity index is 2.42. The molecule has 0 saturated heterocycles. The van der Waals surface area contributed by atoms with Crippen LogP contribution in [0.25, 0.3) is 0 Å². The largest absolute Gasteiger partial charge is 0.395 e. The first-order valence-electron chi connectivity index (χ1n) is 6.40.